The van der Waals surface area contributed by atoms with Crippen LogP contribution in [0.1, 0.15) is 19.9 Å². The largest absolute Gasteiger partial charge is 0.382 e. The maximum Gasteiger partial charge on any atom is 0.0883 e. The van der Waals surface area contributed by atoms with Crippen molar-refractivity contribution in [3.63, 3.8) is 0 Å². The number of para-hydroxylation sites is 1. The molecule has 1 unspecified atom stereocenters. The highest BCUT2D eigenvalue weighted by molar-refractivity contribution is 5.78. The van der Waals surface area contributed by atoms with Crippen molar-refractivity contribution >= 4 is 10.9 Å². The van der Waals surface area contributed by atoms with Crippen LogP contribution in [0, 0.1) is 5.92 Å². The fourth-order valence-electron chi connectivity index (χ4n) is 2.23. The van der Waals surface area contributed by atoms with Gasteiger partial charge in [-0.15, -0.1) is 0 Å². The van der Waals surface area contributed by atoms with E-state index in [-0.39, 0.29) is 6.04 Å². The molecule has 0 spiro atoms. The summed E-state index contributed by atoms with van der Waals surface area (Å²) in [6, 6.07) is 8.50. The SMILES string of the molecule is COCC(CNCC(C)C)n1ncc2ccccc21. The molecule has 0 saturated carbocycles. The molecule has 0 aliphatic heterocycles. The highest BCUT2D eigenvalue weighted by Crippen LogP contribution is 2.17. The second-order valence-electron chi connectivity index (χ2n) is 5.31. The molecule has 1 aromatic heterocycles. The molecule has 2 rings (SSSR count). The molecule has 4 heteroatoms. The Kier molecular flexibility index (Phi) is 4.93. The summed E-state index contributed by atoms with van der Waals surface area (Å²) in [5.74, 6) is 0.651. The summed E-state index contributed by atoms with van der Waals surface area (Å²) < 4.78 is 7.40. The van der Waals surface area contributed by atoms with Crippen molar-refractivity contribution < 1.29 is 4.74 Å². The minimum absolute atomic E-state index is 0.226. The Labute approximate surface area is 114 Å². The van der Waals surface area contributed by atoms with Gasteiger partial charge in [0.05, 0.1) is 24.4 Å². The normalized spacial score (nSPS) is 13.3. The van der Waals surface area contributed by atoms with Gasteiger partial charge in [0, 0.05) is 19.0 Å². The van der Waals surface area contributed by atoms with Gasteiger partial charge in [-0.3, -0.25) is 4.68 Å². The lowest BCUT2D eigenvalue weighted by molar-refractivity contribution is 0.149. The van der Waals surface area contributed by atoms with Crippen LogP contribution in [0.5, 0.6) is 0 Å². The minimum Gasteiger partial charge on any atom is -0.382 e. The fourth-order valence-corrected chi connectivity index (χ4v) is 2.23. The first kappa shape index (κ1) is 14.0. The highest BCUT2D eigenvalue weighted by Gasteiger charge is 2.14. The number of nitrogens with one attached hydrogen (secondary N) is 1. The predicted octanol–water partition coefficient (Wildman–Crippen LogP) is 2.47. The van der Waals surface area contributed by atoms with Crippen LogP contribution in [0.2, 0.25) is 0 Å². The lowest BCUT2D eigenvalue weighted by Crippen LogP contribution is -2.31. The Morgan fingerprint density at radius 2 is 2.05 bits per heavy atom. The average molecular weight is 261 g/mol. The second-order valence-corrected chi connectivity index (χ2v) is 5.31. The lowest BCUT2D eigenvalue weighted by Gasteiger charge is -2.19. The quantitative estimate of drug-likeness (QED) is 0.832. The number of nitrogens with zero attached hydrogens (tertiary/aromatic N) is 2. The summed E-state index contributed by atoms with van der Waals surface area (Å²) in [5, 5.41) is 9.16. The number of fused-ring (bicyclic) bond motifs is 1. The molecule has 0 saturated heterocycles. The monoisotopic (exact) mass is 261 g/mol. The molecule has 0 radical (unpaired) electrons. The third-order valence-electron chi connectivity index (χ3n) is 3.14. The van der Waals surface area contributed by atoms with E-state index < -0.39 is 0 Å². The summed E-state index contributed by atoms with van der Waals surface area (Å²) in [7, 11) is 1.74. The van der Waals surface area contributed by atoms with Crippen molar-refractivity contribution in [2.24, 2.45) is 5.92 Å². The molecular formula is C15H23N3O. The molecule has 0 aliphatic carbocycles. The van der Waals surface area contributed by atoms with Crippen LogP contribution in [0.4, 0.5) is 0 Å². The number of ether oxygens (including phenoxy) is 1. The van der Waals surface area contributed by atoms with E-state index in [2.05, 4.69) is 41.1 Å². The number of aromatic nitrogens is 2. The third kappa shape index (κ3) is 3.55. The van der Waals surface area contributed by atoms with Gasteiger partial charge in [0.15, 0.2) is 0 Å². The zero-order valence-corrected chi connectivity index (χ0v) is 12.0. The fraction of sp³-hybridized carbons (Fsp3) is 0.533. The molecule has 19 heavy (non-hydrogen) atoms. The van der Waals surface area contributed by atoms with E-state index in [1.54, 1.807) is 7.11 Å². The van der Waals surface area contributed by atoms with Crippen molar-refractivity contribution in [3.05, 3.63) is 30.5 Å². The van der Waals surface area contributed by atoms with Crippen molar-refractivity contribution in [1.82, 2.24) is 15.1 Å². The van der Waals surface area contributed by atoms with Crippen LogP contribution < -0.4 is 5.32 Å². The first-order valence-corrected chi connectivity index (χ1v) is 6.84. The number of hydrogen-bond acceptors (Lipinski definition) is 3. The van der Waals surface area contributed by atoms with Gasteiger partial charge >= 0.3 is 0 Å². The van der Waals surface area contributed by atoms with Crippen LogP contribution in [0.15, 0.2) is 30.5 Å². The molecule has 4 nitrogen and oxygen atoms in total. The van der Waals surface area contributed by atoms with Gasteiger partial charge in [0.25, 0.3) is 0 Å². The van der Waals surface area contributed by atoms with E-state index in [0.29, 0.717) is 12.5 Å². The van der Waals surface area contributed by atoms with E-state index in [1.807, 2.05) is 18.3 Å². The van der Waals surface area contributed by atoms with E-state index in [1.165, 1.54) is 5.39 Å². The minimum atomic E-state index is 0.226. The highest BCUT2D eigenvalue weighted by atomic mass is 16.5. The van der Waals surface area contributed by atoms with Gasteiger partial charge in [-0.2, -0.15) is 5.10 Å². The van der Waals surface area contributed by atoms with Gasteiger partial charge in [-0.25, -0.2) is 0 Å². The predicted molar refractivity (Wildman–Crippen MR) is 78.4 cm³/mol. The Morgan fingerprint density at radius 3 is 2.79 bits per heavy atom. The van der Waals surface area contributed by atoms with Gasteiger partial charge < -0.3 is 10.1 Å². The van der Waals surface area contributed by atoms with Gasteiger partial charge in [0.1, 0.15) is 0 Å². The summed E-state index contributed by atoms with van der Waals surface area (Å²) in [5.41, 5.74) is 1.16. The Morgan fingerprint density at radius 1 is 1.26 bits per heavy atom. The molecule has 1 heterocycles. The zero-order valence-electron chi connectivity index (χ0n) is 12.0. The first-order valence-electron chi connectivity index (χ1n) is 6.84. The van der Waals surface area contributed by atoms with E-state index in [9.17, 15) is 0 Å². The van der Waals surface area contributed by atoms with Crippen molar-refractivity contribution in [3.8, 4) is 0 Å². The maximum absolute atomic E-state index is 5.33. The molecule has 1 N–H and O–H groups in total. The van der Waals surface area contributed by atoms with Crippen LogP contribution >= 0.6 is 0 Å². The molecule has 0 aliphatic rings. The number of benzene rings is 1. The van der Waals surface area contributed by atoms with Crippen molar-refractivity contribution in [1.29, 1.82) is 0 Å². The van der Waals surface area contributed by atoms with E-state index in [4.69, 9.17) is 4.74 Å². The van der Waals surface area contributed by atoms with Crippen LogP contribution in [-0.2, 0) is 4.74 Å². The standard InChI is InChI=1S/C15H23N3O/c1-12(2)8-16-10-14(11-19-3)18-15-7-5-4-6-13(15)9-17-18/h4-7,9,12,14,16H,8,10-11H2,1-3H3. The summed E-state index contributed by atoms with van der Waals surface area (Å²) >= 11 is 0. The molecule has 1 atom stereocenters. The molecule has 0 amide bonds. The zero-order chi connectivity index (χ0) is 13.7. The molecule has 0 bridgehead atoms. The summed E-state index contributed by atoms with van der Waals surface area (Å²) in [6.45, 7) is 6.97. The molecule has 0 fully saturated rings. The molecule has 2 aromatic rings. The summed E-state index contributed by atoms with van der Waals surface area (Å²) in [4.78, 5) is 0. The van der Waals surface area contributed by atoms with Gasteiger partial charge in [-0.05, 0) is 18.5 Å². The Balaban J connectivity index is 2.13. The van der Waals surface area contributed by atoms with E-state index in [0.717, 1.165) is 18.6 Å². The van der Waals surface area contributed by atoms with Crippen LogP contribution in [-0.4, -0.2) is 36.6 Å². The average Bonchev–Trinajstić information content (AvgIpc) is 2.81. The number of rotatable bonds is 7. The Hall–Kier alpha value is -1.39. The number of methoxy groups -OCH3 is 1. The summed E-state index contributed by atoms with van der Waals surface area (Å²) in [6.07, 6.45) is 1.92. The Bertz CT molecular complexity index is 507. The smallest absolute Gasteiger partial charge is 0.0883 e. The van der Waals surface area contributed by atoms with E-state index >= 15 is 0 Å². The molecular weight excluding hydrogens is 238 g/mol. The van der Waals surface area contributed by atoms with Gasteiger partial charge in [-0.1, -0.05) is 32.0 Å². The maximum atomic E-state index is 5.33. The third-order valence-corrected chi connectivity index (χ3v) is 3.14. The van der Waals surface area contributed by atoms with Gasteiger partial charge in [0.2, 0.25) is 0 Å². The lowest BCUT2D eigenvalue weighted by atomic mass is 10.2. The van der Waals surface area contributed by atoms with Crippen LogP contribution in [0.25, 0.3) is 10.9 Å². The van der Waals surface area contributed by atoms with Crippen LogP contribution in [0.3, 0.4) is 0 Å². The number of hydrogen-bond donors (Lipinski definition) is 1. The van der Waals surface area contributed by atoms with Crippen molar-refractivity contribution in [2.75, 3.05) is 26.8 Å². The molecule has 1 aromatic carbocycles. The molecule has 104 valence electrons. The second kappa shape index (κ2) is 6.68. The topological polar surface area (TPSA) is 39.1 Å². The van der Waals surface area contributed by atoms with Crippen molar-refractivity contribution in [2.45, 2.75) is 19.9 Å². The first-order chi connectivity index (χ1) is 9.22.